The number of nitrogens with one attached hydrogen (secondary N) is 1. The Bertz CT molecular complexity index is 433. The first-order valence-corrected chi connectivity index (χ1v) is 5.70. The molecule has 3 heterocycles. The monoisotopic (exact) mass is 222 g/mol. The Morgan fingerprint density at radius 1 is 1.53 bits per heavy atom. The summed E-state index contributed by atoms with van der Waals surface area (Å²) in [5.41, 5.74) is 1.11. The van der Waals surface area contributed by atoms with Crippen LogP contribution in [0.1, 0.15) is 18.0 Å². The molecular weight excluding hydrogens is 212 g/mol. The standard InChI is InChI=1S/C9H10N4OS/c1-2-14-3-6(1)7-4-15-9(12-7)8-10-5-11-13-8/h4-6H,1-3H2,(H,10,11,13). The number of aromatic nitrogens is 4. The lowest BCUT2D eigenvalue weighted by Gasteiger charge is -2.00. The normalized spacial score (nSPS) is 20.9. The van der Waals surface area contributed by atoms with E-state index in [1.54, 1.807) is 11.3 Å². The molecule has 0 radical (unpaired) electrons. The second-order valence-corrected chi connectivity index (χ2v) is 4.33. The van der Waals surface area contributed by atoms with E-state index in [-0.39, 0.29) is 0 Å². The molecule has 0 saturated carbocycles. The highest BCUT2D eigenvalue weighted by atomic mass is 32.1. The molecule has 1 N–H and O–H groups in total. The Morgan fingerprint density at radius 3 is 3.27 bits per heavy atom. The van der Waals surface area contributed by atoms with Gasteiger partial charge in [0.2, 0.25) is 0 Å². The Balaban J connectivity index is 1.87. The number of nitrogens with zero attached hydrogens (tertiary/aromatic N) is 3. The SMILES string of the molecule is c1n[nH]c(-c2nc(C3CCOC3)cs2)n1. The molecule has 78 valence electrons. The second kappa shape index (κ2) is 3.71. The highest BCUT2D eigenvalue weighted by molar-refractivity contribution is 7.13. The van der Waals surface area contributed by atoms with Crippen molar-refractivity contribution < 1.29 is 4.74 Å². The molecular formula is C9H10N4OS. The largest absolute Gasteiger partial charge is 0.381 e. The van der Waals surface area contributed by atoms with E-state index in [1.807, 2.05) is 0 Å². The number of H-pyrrole nitrogens is 1. The van der Waals surface area contributed by atoms with E-state index in [0.717, 1.165) is 36.2 Å². The quantitative estimate of drug-likeness (QED) is 0.835. The highest BCUT2D eigenvalue weighted by Gasteiger charge is 2.21. The van der Waals surface area contributed by atoms with E-state index in [1.165, 1.54) is 6.33 Å². The summed E-state index contributed by atoms with van der Waals surface area (Å²) in [6.45, 7) is 1.64. The minimum Gasteiger partial charge on any atom is -0.381 e. The lowest BCUT2D eigenvalue weighted by molar-refractivity contribution is 0.193. The van der Waals surface area contributed by atoms with Crippen molar-refractivity contribution in [2.24, 2.45) is 0 Å². The van der Waals surface area contributed by atoms with Crippen LogP contribution in [0.5, 0.6) is 0 Å². The van der Waals surface area contributed by atoms with Gasteiger partial charge in [0, 0.05) is 17.9 Å². The zero-order valence-electron chi connectivity index (χ0n) is 8.01. The predicted molar refractivity (Wildman–Crippen MR) is 55.7 cm³/mol. The average molecular weight is 222 g/mol. The van der Waals surface area contributed by atoms with Crippen LogP contribution < -0.4 is 0 Å². The van der Waals surface area contributed by atoms with Crippen molar-refractivity contribution in [2.45, 2.75) is 12.3 Å². The topological polar surface area (TPSA) is 63.7 Å². The molecule has 0 aromatic carbocycles. The van der Waals surface area contributed by atoms with Gasteiger partial charge in [-0.2, -0.15) is 5.10 Å². The fourth-order valence-electron chi connectivity index (χ4n) is 1.66. The highest BCUT2D eigenvalue weighted by Crippen LogP contribution is 2.29. The third-order valence-electron chi connectivity index (χ3n) is 2.49. The summed E-state index contributed by atoms with van der Waals surface area (Å²) in [6, 6.07) is 0. The summed E-state index contributed by atoms with van der Waals surface area (Å²) < 4.78 is 5.34. The molecule has 1 fully saturated rings. The van der Waals surface area contributed by atoms with Gasteiger partial charge >= 0.3 is 0 Å². The molecule has 1 atom stereocenters. The number of rotatable bonds is 2. The maximum Gasteiger partial charge on any atom is 0.184 e. The molecule has 5 nitrogen and oxygen atoms in total. The number of aromatic amines is 1. The van der Waals surface area contributed by atoms with E-state index < -0.39 is 0 Å². The minimum atomic E-state index is 0.456. The van der Waals surface area contributed by atoms with Gasteiger partial charge in [0.25, 0.3) is 0 Å². The van der Waals surface area contributed by atoms with Gasteiger partial charge in [0.15, 0.2) is 10.8 Å². The van der Waals surface area contributed by atoms with Crippen LogP contribution in [-0.4, -0.2) is 33.4 Å². The number of thiazole rings is 1. The fourth-order valence-corrected chi connectivity index (χ4v) is 2.50. The van der Waals surface area contributed by atoms with Crippen LogP contribution in [0.3, 0.4) is 0 Å². The Kier molecular flexibility index (Phi) is 2.22. The molecule has 0 bridgehead atoms. The second-order valence-electron chi connectivity index (χ2n) is 3.47. The Morgan fingerprint density at radius 2 is 2.53 bits per heavy atom. The number of hydrogen-bond acceptors (Lipinski definition) is 5. The van der Waals surface area contributed by atoms with Crippen LogP contribution in [0.4, 0.5) is 0 Å². The molecule has 1 aliphatic heterocycles. The summed E-state index contributed by atoms with van der Waals surface area (Å²) in [7, 11) is 0. The third kappa shape index (κ3) is 1.66. The van der Waals surface area contributed by atoms with E-state index in [2.05, 4.69) is 25.5 Å². The van der Waals surface area contributed by atoms with Crippen LogP contribution in [0.25, 0.3) is 10.8 Å². The van der Waals surface area contributed by atoms with Crippen molar-refractivity contribution in [2.75, 3.05) is 13.2 Å². The Labute approximate surface area is 90.5 Å². The number of hydrogen-bond donors (Lipinski definition) is 1. The fraction of sp³-hybridized carbons (Fsp3) is 0.444. The van der Waals surface area contributed by atoms with Gasteiger partial charge in [-0.25, -0.2) is 9.97 Å². The number of ether oxygens (including phenoxy) is 1. The van der Waals surface area contributed by atoms with Crippen molar-refractivity contribution in [3.05, 3.63) is 17.4 Å². The zero-order chi connectivity index (χ0) is 10.1. The van der Waals surface area contributed by atoms with Crippen molar-refractivity contribution in [1.82, 2.24) is 20.2 Å². The zero-order valence-corrected chi connectivity index (χ0v) is 8.83. The maximum atomic E-state index is 5.34. The third-order valence-corrected chi connectivity index (χ3v) is 3.35. The summed E-state index contributed by atoms with van der Waals surface area (Å²) in [5.74, 6) is 1.20. The lowest BCUT2D eigenvalue weighted by atomic mass is 10.1. The van der Waals surface area contributed by atoms with Crippen LogP contribution in [0.15, 0.2) is 11.7 Å². The summed E-state index contributed by atoms with van der Waals surface area (Å²) >= 11 is 1.59. The molecule has 2 aromatic rings. The van der Waals surface area contributed by atoms with Gasteiger partial charge in [0.05, 0.1) is 12.3 Å². The van der Waals surface area contributed by atoms with E-state index in [0.29, 0.717) is 5.92 Å². The average Bonchev–Trinajstić information content (AvgIpc) is 3.02. The molecule has 15 heavy (non-hydrogen) atoms. The van der Waals surface area contributed by atoms with Crippen molar-refractivity contribution in [1.29, 1.82) is 0 Å². The summed E-state index contributed by atoms with van der Waals surface area (Å²) in [5, 5.41) is 9.60. The molecule has 1 saturated heterocycles. The molecule has 3 rings (SSSR count). The molecule has 0 spiro atoms. The summed E-state index contributed by atoms with van der Waals surface area (Å²) in [6.07, 6.45) is 2.56. The summed E-state index contributed by atoms with van der Waals surface area (Å²) in [4.78, 5) is 8.62. The predicted octanol–water partition coefficient (Wildman–Crippen LogP) is 1.43. The molecule has 0 aliphatic carbocycles. The molecule has 6 heteroatoms. The van der Waals surface area contributed by atoms with Gasteiger partial charge in [0.1, 0.15) is 6.33 Å². The van der Waals surface area contributed by atoms with E-state index in [9.17, 15) is 0 Å². The maximum absolute atomic E-state index is 5.34. The molecule has 2 aromatic heterocycles. The van der Waals surface area contributed by atoms with Crippen LogP contribution in [0.2, 0.25) is 0 Å². The van der Waals surface area contributed by atoms with Gasteiger partial charge in [-0.1, -0.05) is 0 Å². The van der Waals surface area contributed by atoms with E-state index in [4.69, 9.17) is 4.74 Å². The smallest absolute Gasteiger partial charge is 0.184 e. The van der Waals surface area contributed by atoms with Crippen LogP contribution >= 0.6 is 11.3 Å². The van der Waals surface area contributed by atoms with E-state index >= 15 is 0 Å². The van der Waals surface area contributed by atoms with Crippen molar-refractivity contribution in [3.8, 4) is 10.8 Å². The van der Waals surface area contributed by atoms with Gasteiger partial charge < -0.3 is 4.74 Å². The first kappa shape index (κ1) is 8.99. The van der Waals surface area contributed by atoms with Crippen LogP contribution in [-0.2, 0) is 4.74 Å². The minimum absolute atomic E-state index is 0.456. The van der Waals surface area contributed by atoms with Gasteiger partial charge in [-0.15, -0.1) is 11.3 Å². The molecule has 1 unspecified atom stereocenters. The lowest BCUT2D eigenvalue weighted by Crippen LogP contribution is -1.97. The molecule has 0 amide bonds. The van der Waals surface area contributed by atoms with Gasteiger partial charge in [-0.3, -0.25) is 5.10 Å². The van der Waals surface area contributed by atoms with Crippen molar-refractivity contribution >= 4 is 11.3 Å². The Hall–Kier alpha value is -1.27. The van der Waals surface area contributed by atoms with Gasteiger partial charge in [-0.05, 0) is 6.42 Å². The van der Waals surface area contributed by atoms with Crippen LogP contribution in [0, 0.1) is 0 Å². The van der Waals surface area contributed by atoms with Crippen molar-refractivity contribution in [3.63, 3.8) is 0 Å². The molecule has 1 aliphatic rings. The first-order valence-electron chi connectivity index (χ1n) is 4.82. The first-order chi connectivity index (χ1) is 7.43.